The summed E-state index contributed by atoms with van der Waals surface area (Å²) in [6.45, 7) is 0. The smallest absolute Gasteiger partial charge is 0.00389 e. The van der Waals surface area contributed by atoms with E-state index in [0.717, 1.165) is 0 Å². The first-order valence-electron chi connectivity index (χ1n) is 8.30. The highest BCUT2D eigenvalue weighted by Crippen LogP contribution is 2.31. The summed E-state index contributed by atoms with van der Waals surface area (Å²) < 4.78 is 0. The largest absolute Gasteiger partial charge is 0.0610 e. The molecule has 112 valence electrons. The Balaban J connectivity index is 0.000000109. The third-order valence-electron chi connectivity index (χ3n) is 4.82. The molecule has 24 heavy (non-hydrogen) atoms. The van der Waals surface area contributed by atoms with Gasteiger partial charge in [0, 0.05) is 0 Å². The van der Waals surface area contributed by atoms with Gasteiger partial charge in [-0.15, -0.1) is 0 Å². The molecule has 4 aromatic carbocycles. The monoisotopic (exact) mass is 304 g/mol. The highest BCUT2D eigenvalue weighted by Gasteiger charge is 2.07. The van der Waals surface area contributed by atoms with Crippen LogP contribution in [0, 0.1) is 0 Å². The normalized spacial score (nSPS) is 12.7. The minimum absolute atomic E-state index is 1.34. The number of benzene rings is 4. The van der Waals surface area contributed by atoms with E-state index in [9.17, 15) is 0 Å². The van der Waals surface area contributed by atoms with Crippen molar-refractivity contribution in [3.05, 3.63) is 95.1 Å². The van der Waals surface area contributed by atoms with Crippen molar-refractivity contribution in [1.29, 1.82) is 0 Å². The van der Waals surface area contributed by atoms with E-state index in [-0.39, 0.29) is 0 Å². The molecule has 0 saturated carbocycles. The third kappa shape index (κ3) is 2.00. The second kappa shape index (κ2) is 5.21. The first-order valence-corrected chi connectivity index (χ1v) is 8.30. The van der Waals surface area contributed by atoms with Crippen molar-refractivity contribution < 1.29 is 0 Å². The van der Waals surface area contributed by atoms with E-state index in [4.69, 9.17) is 0 Å². The summed E-state index contributed by atoms with van der Waals surface area (Å²) in [5.41, 5.74) is 5.40. The van der Waals surface area contributed by atoms with E-state index in [1.165, 1.54) is 43.8 Å². The SMILES string of the molecule is C1=Cc2cccc3cccc1c23.C1=Cc2cccc3cccc1c23. The molecule has 0 nitrogen and oxygen atoms in total. The molecule has 0 atom stereocenters. The van der Waals surface area contributed by atoms with Crippen LogP contribution in [0.25, 0.3) is 45.8 Å². The molecule has 0 N–H and O–H groups in total. The second-order valence-corrected chi connectivity index (χ2v) is 6.25. The predicted octanol–water partition coefficient (Wildman–Crippen LogP) is 6.65. The molecular formula is C24H16. The second-order valence-electron chi connectivity index (χ2n) is 6.25. The highest BCUT2D eigenvalue weighted by atomic mass is 14.1. The summed E-state index contributed by atoms with van der Waals surface area (Å²) in [7, 11) is 0. The molecule has 0 saturated heterocycles. The minimum Gasteiger partial charge on any atom is -0.0610 e. The maximum absolute atomic E-state index is 2.18. The lowest BCUT2D eigenvalue weighted by Gasteiger charge is -1.99. The molecule has 0 amide bonds. The van der Waals surface area contributed by atoms with Gasteiger partial charge in [-0.3, -0.25) is 0 Å². The van der Waals surface area contributed by atoms with E-state index in [1.807, 2.05) is 0 Å². The zero-order chi connectivity index (χ0) is 15.9. The molecule has 0 aliphatic heterocycles. The Morgan fingerprint density at radius 2 is 0.625 bits per heavy atom. The molecule has 6 rings (SSSR count). The average Bonchev–Trinajstić information content (AvgIpc) is 3.24. The van der Waals surface area contributed by atoms with Gasteiger partial charge in [-0.25, -0.2) is 0 Å². The maximum atomic E-state index is 2.18. The van der Waals surface area contributed by atoms with Gasteiger partial charge in [0.15, 0.2) is 0 Å². The fraction of sp³-hybridized carbons (Fsp3) is 0. The van der Waals surface area contributed by atoms with E-state index in [1.54, 1.807) is 0 Å². The molecule has 0 bridgehead atoms. The lowest BCUT2D eigenvalue weighted by molar-refractivity contribution is 1.72. The number of hydrogen-bond donors (Lipinski definition) is 0. The van der Waals surface area contributed by atoms with Crippen LogP contribution in [-0.2, 0) is 0 Å². The maximum Gasteiger partial charge on any atom is -0.00389 e. The van der Waals surface area contributed by atoms with Crippen molar-refractivity contribution in [2.75, 3.05) is 0 Å². The minimum atomic E-state index is 1.34. The Morgan fingerprint density at radius 3 is 0.917 bits per heavy atom. The Bertz CT molecular complexity index is 968. The summed E-state index contributed by atoms with van der Waals surface area (Å²) in [6.07, 6.45) is 8.71. The van der Waals surface area contributed by atoms with Gasteiger partial charge >= 0.3 is 0 Å². The molecule has 0 aromatic heterocycles. The summed E-state index contributed by atoms with van der Waals surface area (Å²) >= 11 is 0. The van der Waals surface area contributed by atoms with E-state index < -0.39 is 0 Å². The van der Waals surface area contributed by atoms with E-state index >= 15 is 0 Å². The fourth-order valence-corrected chi connectivity index (χ4v) is 3.71. The summed E-state index contributed by atoms with van der Waals surface area (Å²) in [5.74, 6) is 0. The van der Waals surface area contributed by atoms with Crippen LogP contribution in [-0.4, -0.2) is 0 Å². The van der Waals surface area contributed by atoms with Crippen LogP contribution in [0.4, 0.5) is 0 Å². The number of hydrogen-bond acceptors (Lipinski definition) is 0. The molecule has 0 radical (unpaired) electrons. The van der Waals surface area contributed by atoms with Crippen LogP contribution in [0.3, 0.4) is 0 Å². The van der Waals surface area contributed by atoms with Crippen LogP contribution >= 0.6 is 0 Å². The lowest BCUT2D eigenvalue weighted by Crippen LogP contribution is -1.76. The van der Waals surface area contributed by atoms with Gasteiger partial charge in [0.1, 0.15) is 0 Å². The Morgan fingerprint density at radius 1 is 0.333 bits per heavy atom. The van der Waals surface area contributed by atoms with Gasteiger partial charge in [0.2, 0.25) is 0 Å². The topological polar surface area (TPSA) is 0 Å². The molecule has 2 aliphatic rings. The fourth-order valence-electron chi connectivity index (χ4n) is 3.71. The summed E-state index contributed by atoms with van der Waals surface area (Å²) in [6, 6.07) is 25.7. The summed E-state index contributed by atoms with van der Waals surface area (Å²) in [4.78, 5) is 0. The Kier molecular flexibility index (Phi) is 2.89. The Labute approximate surface area is 141 Å². The van der Waals surface area contributed by atoms with Crippen molar-refractivity contribution in [2.24, 2.45) is 0 Å². The zero-order valence-corrected chi connectivity index (χ0v) is 13.2. The summed E-state index contributed by atoms with van der Waals surface area (Å²) in [5, 5.41) is 5.49. The third-order valence-corrected chi connectivity index (χ3v) is 4.82. The van der Waals surface area contributed by atoms with Crippen LogP contribution in [0.15, 0.2) is 72.8 Å². The Hall–Kier alpha value is -3.12. The van der Waals surface area contributed by atoms with Crippen LogP contribution in [0.1, 0.15) is 22.3 Å². The van der Waals surface area contributed by atoms with Gasteiger partial charge in [0.05, 0.1) is 0 Å². The van der Waals surface area contributed by atoms with E-state index in [0.29, 0.717) is 0 Å². The molecule has 4 aromatic rings. The van der Waals surface area contributed by atoms with Crippen molar-refractivity contribution in [3.63, 3.8) is 0 Å². The molecule has 0 unspecified atom stereocenters. The van der Waals surface area contributed by atoms with Crippen LogP contribution in [0.5, 0.6) is 0 Å². The van der Waals surface area contributed by atoms with Crippen molar-refractivity contribution in [3.8, 4) is 0 Å². The van der Waals surface area contributed by atoms with Crippen LogP contribution in [0.2, 0.25) is 0 Å². The molecule has 0 heteroatoms. The average molecular weight is 304 g/mol. The molecule has 0 fully saturated rings. The van der Waals surface area contributed by atoms with Gasteiger partial charge < -0.3 is 0 Å². The van der Waals surface area contributed by atoms with Crippen LogP contribution < -0.4 is 0 Å². The van der Waals surface area contributed by atoms with Gasteiger partial charge in [-0.1, -0.05) is 97.1 Å². The first-order chi connectivity index (χ1) is 11.9. The van der Waals surface area contributed by atoms with Gasteiger partial charge in [0.25, 0.3) is 0 Å². The van der Waals surface area contributed by atoms with E-state index in [2.05, 4.69) is 97.1 Å². The lowest BCUT2D eigenvalue weighted by atomic mass is 10.0. The van der Waals surface area contributed by atoms with Crippen molar-refractivity contribution >= 4 is 45.8 Å². The molecule has 0 spiro atoms. The quantitative estimate of drug-likeness (QED) is 0.295. The van der Waals surface area contributed by atoms with Gasteiger partial charge in [-0.05, 0) is 43.8 Å². The zero-order valence-electron chi connectivity index (χ0n) is 13.2. The highest BCUT2D eigenvalue weighted by molar-refractivity contribution is 6.05. The first kappa shape index (κ1) is 13.3. The molecule has 2 aliphatic carbocycles. The molecular weight excluding hydrogens is 288 g/mol. The predicted molar refractivity (Wildman–Crippen MR) is 106 cm³/mol. The molecule has 0 heterocycles. The number of rotatable bonds is 0. The standard InChI is InChI=1S/2C12H8/c2*1-3-9-4-2-6-11-8-7-10(5-1)12(9)11/h2*1-8H. The van der Waals surface area contributed by atoms with Crippen molar-refractivity contribution in [1.82, 2.24) is 0 Å². The van der Waals surface area contributed by atoms with Gasteiger partial charge in [-0.2, -0.15) is 0 Å². The van der Waals surface area contributed by atoms with Crippen molar-refractivity contribution in [2.45, 2.75) is 0 Å².